The molecule has 0 bridgehead atoms. The fourth-order valence-corrected chi connectivity index (χ4v) is 3.96. The summed E-state index contributed by atoms with van der Waals surface area (Å²) in [5.41, 5.74) is -0.437. The van der Waals surface area contributed by atoms with Crippen LogP contribution in [0.5, 0.6) is 0 Å². The third kappa shape index (κ3) is 3.67. The van der Waals surface area contributed by atoms with Gasteiger partial charge in [0.1, 0.15) is 0 Å². The zero-order valence-electron chi connectivity index (χ0n) is 12.0. The number of nitrogens with one attached hydrogen (secondary N) is 1. The summed E-state index contributed by atoms with van der Waals surface area (Å²) in [5, 5.41) is 11.8. The van der Waals surface area contributed by atoms with Crippen molar-refractivity contribution in [1.29, 1.82) is 0 Å². The second kappa shape index (κ2) is 6.51. The number of nitrogens with zero attached hydrogens (tertiary/aromatic N) is 2. The summed E-state index contributed by atoms with van der Waals surface area (Å²) in [5.74, 6) is -0.115. The Labute approximate surface area is 132 Å². The van der Waals surface area contributed by atoms with Crippen LogP contribution < -0.4 is 4.72 Å². The number of aromatic nitrogens is 1. The van der Waals surface area contributed by atoms with Crippen molar-refractivity contribution in [2.24, 2.45) is 0 Å². The van der Waals surface area contributed by atoms with Crippen molar-refractivity contribution < 1.29 is 13.3 Å². The number of hydrogen-bond acceptors (Lipinski definition) is 6. The molecule has 0 aliphatic rings. The molecule has 22 heavy (non-hydrogen) atoms. The molecule has 1 aromatic heterocycles. The quantitative estimate of drug-likeness (QED) is 0.642. The maximum absolute atomic E-state index is 12.3. The standard InChI is InChI=1S/C13H15N3O4S2/c1-9(13-14-8-10(2)21-13)7-15-22(19,20)12-6-4-3-5-11(12)16(17)18/h3-6,8-9,15H,7H2,1-2H3/t9-/m0/s1. The first-order valence-electron chi connectivity index (χ1n) is 6.46. The van der Waals surface area contributed by atoms with Crippen molar-refractivity contribution in [3.05, 3.63) is 50.5 Å². The van der Waals surface area contributed by atoms with Crippen LogP contribution in [0.25, 0.3) is 0 Å². The van der Waals surface area contributed by atoms with E-state index < -0.39 is 20.6 Å². The van der Waals surface area contributed by atoms with Gasteiger partial charge >= 0.3 is 0 Å². The Hall–Kier alpha value is -1.84. The summed E-state index contributed by atoms with van der Waals surface area (Å²) in [6.45, 7) is 3.90. The molecule has 118 valence electrons. The number of sulfonamides is 1. The van der Waals surface area contributed by atoms with Crippen molar-refractivity contribution in [2.75, 3.05) is 6.54 Å². The van der Waals surface area contributed by atoms with E-state index >= 15 is 0 Å². The summed E-state index contributed by atoms with van der Waals surface area (Å²) < 4.78 is 26.9. The first-order chi connectivity index (χ1) is 10.3. The highest BCUT2D eigenvalue weighted by Gasteiger charge is 2.25. The van der Waals surface area contributed by atoms with E-state index in [0.29, 0.717) is 0 Å². The highest BCUT2D eigenvalue weighted by molar-refractivity contribution is 7.89. The van der Waals surface area contributed by atoms with Gasteiger partial charge in [-0.3, -0.25) is 10.1 Å². The monoisotopic (exact) mass is 341 g/mol. The van der Waals surface area contributed by atoms with Crippen molar-refractivity contribution in [3.8, 4) is 0 Å². The van der Waals surface area contributed by atoms with Crippen LogP contribution in [0.2, 0.25) is 0 Å². The molecule has 2 rings (SSSR count). The van der Waals surface area contributed by atoms with E-state index in [-0.39, 0.29) is 17.4 Å². The minimum Gasteiger partial charge on any atom is -0.258 e. The predicted molar refractivity (Wildman–Crippen MR) is 83.6 cm³/mol. The van der Waals surface area contributed by atoms with Crippen molar-refractivity contribution >= 4 is 27.0 Å². The first-order valence-corrected chi connectivity index (χ1v) is 8.76. The molecule has 0 saturated heterocycles. The minimum atomic E-state index is -3.95. The maximum Gasteiger partial charge on any atom is 0.289 e. The molecule has 7 nitrogen and oxygen atoms in total. The molecule has 0 saturated carbocycles. The number of aryl methyl sites for hydroxylation is 1. The number of rotatable bonds is 6. The molecule has 9 heteroatoms. The van der Waals surface area contributed by atoms with Crippen molar-refractivity contribution in [2.45, 2.75) is 24.7 Å². The molecule has 0 fully saturated rings. The lowest BCUT2D eigenvalue weighted by molar-refractivity contribution is -0.387. The van der Waals surface area contributed by atoms with E-state index in [4.69, 9.17) is 0 Å². The Morgan fingerprint density at radius 1 is 1.41 bits per heavy atom. The lowest BCUT2D eigenvalue weighted by atomic mass is 10.2. The van der Waals surface area contributed by atoms with Crippen LogP contribution in [0.1, 0.15) is 22.7 Å². The average molecular weight is 341 g/mol. The summed E-state index contributed by atoms with van der Waals surface area (Å²) in [6.07, 6.45) is 1.73. The summed E-state index contributed by atoms with van der Waals surface area (Å²) in [4.78, 5) is 15.2. The highest BCUT2D eigenvalue weighted by atomic mass is 32.2. The number of nitro benzene ring substituents is 1. The van der Waals surface area contributed by atoms with Gasteiger partial charge in [-0.05, 0) is 13.0 Å². The molecular formula is C13H15N3O4S2. The number of nitro groups is 1. The van der Waals surface area contributed by atoms with Crippen LogP contribution in [0.15, 0.2) is 35.4 Å². The Morgan fingerprint density at radius 2 is 2.09 bits per heavy atom. The second-order valence-electron chi connectivity index (χ2n) is 4.79. The maximum atomic E-state index is 12.3. The van der Waals surface area contributed by atoms with Gasteiger partial charge in [0.25, 0.3) is 5.69 Å². The molecule has 0 unspecified atom stereocenters. The van der Waals surface area contributed by atoms with Gasteiger partial charge in [-0.1, -0.05) is 19.1 Å². The van der Waals surface area contributed by atoms with Gasteiger partial charge in [-0.15, -0.1) is 11.3 Å². The van der Waals surface area contributed by atoms with E-state index in [9.17, 15) is 18.5 Å². The summed E-state index contributed by atoms with van der Waals surface area (Å²) in [7, 11) is -3.95. The molecule has 1 aromatic carbocycles. The largest absolute Gasteiger partial charge is 0.289 e. The molecule has 1 atom stereocenters. The summed E-state index contributed by atoms with van der Waals surface area (Å²) >= 11 is 1.50. The molecule has 1 heterocycles. The predicted octanol–water partition coefficient (Wildman–Crippen LogP) is 2.44. The van der Waals surface area contributed by atoms with Crippen molar-refractivity contribution in [3.63, 3.8) is 0 Å². The van der Waals surface area contributed by atoms with Gasteiger partial charge in [0.2, 0.25) is 10.0 Å². The Kier molecular flexibility index (Phi) is 4.89. The molecule has 1 N–H and O–H groups in total. The summed E-state index contributed by atoms with van der Waals surface area (Å²) in [6, 6.07) is 5.27. The van der Waals surface area contributed by atoms with Crippen LogP contribution in [-0.2, 0) is 10.0 Å². The van der Waals surface area contributed by atoms with Crippen LogP contribution >= 0.6 is 11.3 Å². The highest BCUT2D eigenvalue weighted by Crippen LogP contribution is 2.24. The molecule has 2 aromatic rings. The van der Waals surface area contributed by atoms with Crippen molar-refractivity contribution in [1.82, 2.24) is 9.71 Å². The van der Waals surface area contributed by atoms with Crippen LogP contribution in [0.3, 0.4) is 0 Å². The van der Waals surface area contributed by atoms with E-state index in [1.807, 2.05) is 13.8 Å². The van der Waals surface area contributed by atoms with Gasteiger partial charge in [0.05, 0.1) is 9.93 Å². The van der Waals surface area contributed by atoms with Crippen LogP contribution in [0, 0.1) is 17.0 Å². The Balaban J connectivity index is 2.17. The van der Waals surface area contributed by atoms with Gasteiger partial charge in [-0.2, -0.15) is 0 Å². The number of benzene rings is 1. The average Bonchev–Trinajstić information content (AvgIpc) is 2.91. The zero-order chi connectivity index (χ0) is 16.3. The number of hydrogen-bond donors (Lipinski definition) is 1. The Bertz CT molecular complexity index is 786. The topological polar surface area (TPSA) is 102 Å². The lowest BCUT2D eigenvalue weighted by Gasteiger charge is -2.11. The minimum absolute atomic E-state index is 0.115. The molecule has 0 aliphatic heterocycles. The smallest absolute Gasteiger partial charge is 0.258 e. The molecule has 0 radical (unpaired) electrons. The van der Waals surface area contributed by atoms with Gasteiger partial charge in [0.15, 0.2) is 4.90 Å². The third-order valence-electron chi connectivity index (χ3n) is 2.99. The number of para-hydroxylation sites is 1. The molecule has 0 aliphatic carbocycles. The molecule has 0 amide bonds. The Morgan fingerprint density at radius 3 is 2.68 bits per heavy atom. The second-order valence-corrected chi connectivity index (χ2v) is 7.79. The van der Waals surface area contributed by atoms with Crippen LogP contribution in [0.4, 0.5) is 5.69 Å². The fraction of sp³-hybridized carbons (Fsp3) is 0.308. The SMILES string of the molecule is Cc1cnc([C@@H](C)CNS(=O)(=O)c2ccccc2[N+](=O)[O-])s1. The van der Waals surface area contributed by atoms with Gasteiger partial charge in [0, 0.05) is 29.6 Å². The van der Waals surface area contributed by atoms with E-state index in [2.05, 4.69) is 9.71 Å². The lowest BCUT2D eigenvalue weighted by Crippen LogP contribution is -2.28. The first kappa shape index (κ1) is 16.5. The van der Waals surface area contributed by atoms with Crippen LogP contribution in [-0.4, -0.2) is 24.9 Å². The van der Waals surface area contributed by atoms with E-state index in [0.717, 1.165) is 9.88 Å². The van der Waals surface area contributed by atoms with Gasteiger partial charge < -0.3 is 0 Å². The molecule has 0 spiro atoms. The normalized spacial score (nSPS) is 13.0. The number of thiazole rings is 1. The fourth-order valence-electron chi connectivity index (χ4n) is 1.84. The zero-order valence-corrected chi connectivity index (χ0v) is 13.6. The van der Waals surface area contributed by atoms with E-state index in [1.165, 1.54) is 35.6 Å². The van der Waals surface area contributed by atoms with Gasteiger partial charge in [-0.25, -0.2) is 18.1 Å². The third-order valence-corrected chi connectivity index (χ3v) is 5.61. The van der Waals surface area contributed by atoms with E-state index in [1.54, 1.807) is 6.20 Å². The molecular weight excluding hydrogens is 326 g/mol.